The number of fused-ring (bicyclic) bond motifs is 2. The highest BCUT2D eigenvalue weighted by Crippen LogP contribution is 2.40. The Bertz CT molecular complexity index is 883. The van der Waals surface area contributed by atoms with Crippen molar-refractivity contribution < 1.29 is 17.7 Å². The molecule has 3 saturated heterocycles. The van der Waals surface area contributed by atoms with E-state index in [1.165, 1.54) is 0 Å². The van der Waals surface area contributed by atoms with Crippen LogP contribution in [0.5, 0.6) is 0 Å². The standard InChI is InChI=1S/C21H32N4O4S/c1-14-3-2-8-24(14)9-10-30(27,28)25-17-6-7-18(25)12-16(11-17)22-21(26)19-13-20(29-23-19)15-4-5-15/h13-18H,2-12H2,1H3,(H,22,26)/t14?,16-,17+,18-. The molecule has 1 aliphatic carbocycles. The second-order valence-corrected chi connectivity index (χ2v) is 11.6. The van der Waals surface area contributed by atoms with Crippen LogP contribution in [0.4, 0.5) is 0 Å². The van der Waals surface area contributed by atoms with Crippen LogP contribution < -0.4 is 5.32 Å². The number of hydrogen-bond acceptors (Lipinski definition) is 6. The fourth-order valence-corrected chi connectivity index (χ4v) is 7.55. The van der Waals surface area contributed by atoms with Gasteiger partial charge in [0.15, 0.2) is 5.69 Å². The van der Waals surface area contributed by atoms with Crippen LogP contribution in [0.1, 0.15) is 80.5 Å². The van der Waals surface area contributed by atoms with Gasteiger partial charge in [-0.15, -0.1) is 0 Å². The van der Waals surface area contributed by atoms with Crippen LogP contribution in [-0.4, -0.2) is 71.7 Å². The highest BCUT2D eigenvalue weighted by molar-refractivity contribution is 7.89. The number of nitrogens with one attached hydrogen (secondary N) is 1. The molecule has 1 unspecified atom stereocenters. The average Bonchev–Trinajstić information content (AvgIpc) is 3.15. The van der Waals surface area contributed by atoms with Gasteiger partial charge >= 0.3 is 0 Å². The van der Waals surface area contributed by atoms with Crippen molar-refractivity contribution in [3.8, 4) is 0 Å². The van der Waals surface area contributed by atoms with E-state index in [-0.39, 0.29) is 29.8 Å². The number of amides is 1. The van der Waals surface area contributed by atoms with E-state index in [1.54, 1.807) is 10.4 Å². The Hall–Kier alpha value is -1.45. The molecule has 3 aliphatic heterocycles. The Kier molecular flexibility index (Phi) is 5.39. The number of carbonyl (C=O) groups excluding carboxylic acids is 1. The second-order valence-electron chi connectivity index (χ2n) is 9.59. The molecule has 1 saturated carbocycles. The molecule has 4 heterocycles. The van der Waals surface area contributed by atoms with E-state index >= 15 is 0 Å². The summed E-state index contributed by atoms with van der Waals surface area (Å²) in [6.45, 7) is 3.80. The molecule has 166 valence electrons. The van der Waals surface area contributed by atoms with Gasteiger partial charge in [0.25, 0.3) is 5.91 Å². The first-order valence-corrected chi connectivity index (χ1v) is 13.0. The Morgan fingerprint density at radius 2 is 1.93 bits per heavy atom. The topological polar surface area (TPSA) is 95.8 Å². The van der Waals surface area contributed by atoms with Crippen LogP contribution in [-0.2, 0) is 10.0 Å². The number of likely N-dealkylation sites (tertiary alicyclic amines) is 1. The molecule has 1 aromatic heterocycles. The Balaban J connectivity index is 1.18. The summed E-state index contributed by atoms with van der Waals surface area (Å²) in [6, 6.07) is 2.21. The predicted octanol–water partition coefficient (Wildman–Crippen LogP) is 2.09. The van der Waals surface area contributed by atoms with E-state index in [9.17, 15) is 13.2 Å². The smallest absolute Gasteiger partial charge is 0.273 e. The number of piperidine rings is 1. The summed E-state index contributed by atoms with van der Waals surface area (Å²) >= 11 is 0. The first kappa shape index (κ1) is 20.5. The van der Waals surface area contributed by atoms with E-state index in [0.29, 0.717) is 37.0 Å². The normalized spacial score (nSPS) is 32.6. The highest BCUT2D eigenvalue weighted by atomic mass is 32.2. The molecule has 8 nitrogen and oxygen atoms in total. The van der Waals surface area contributed by atoms with E-state index in [0.717, 1.165) is 50.8 Å². The van der Waals surface area contributed by atoms with E-state index in [1.807, 2.05) is 0 Å². The van der Waals surface area contributed by atoms with Gasteiger partial charge in [-0.3, -0.25) is 9.69 Å². The van der Waals surface area contributed by atoms with Gasteiger partial charge in [0.05, 0.1) is 5.75 Å². The minimum Gasteiger partial charge on any atom is -0.360 e. The molecule has 4 fully saturated rings. The third-order valence-corrected chi connectivity index (χ3v) is 9.33. The number of aromatic nitrogens is 1. The van der Waals surface area contributed by atoms with Crippen molar-refractivity contribution in [1.82, 2.24) is 19.7 Å². The predicted molar refractivity (Wildman–Crippen MR) is 112 cm³/mol. The summed E-state index contributed by atoms with van der Waals surface area (Å²) in [4.78, 5) is 14.9. The lowest BCUT2D eigenvalue weighted by Crippen LogP contribution is -2.53. The maximum Gasteiger partial charge on any atom is 0.273 e. The molecule has 0 radical (unpaired) electrons. The van der Waals surface area contributed by atoms with Crippen LogP contribution >= 0.6 is 0 Å². The van der Waals surface area contributed by atoms with Crippen LogP contribution in [0.25, 0.3) is 0 Å². The highest BCUT2D eigenvalue weighted by Gasteiger charge is 2.47. The Morgan fingerprint density at radius 3 is 2.57 bits per heavy atom. The van der Waals surface area contributed by atoms with Crippen LogP contribution in [0.15, 0.2) is 10.6 Å². The zero-order valence-corrected chi connectivity index (χ0v) is 18.4. The second kappa shape index (κ2) is 7.91. The molecule has 1 aromatic rings. The molecular weight excluding hydrogens is 404 g/mol. The van der Waals surface area contributed by atoms with Gasteiger partial charge < -0.3 is 9.84 Å². The average molecular weight is 437 g/mol. The zero-order valence-electron chi connectivity index (χ0n) is 17.6. The lowest BCUT2D eigenvalue weighted by atomic mass is 9.99. The largest absolute Gasteiger partial charge is 0.360 e. The number of sulfonamides is 1. The van der Waals surface area contributed by atoms with Gasteiger partial charge in [-0.25, -0.2) is 8.42 Å². The molecule has 0 spiro atoms. The van der Waals surface area contributed by atoms with Gasteiger partial charge in [0, 0.05) is 42.7 Å². The monoisotopic (exact) mass is 436 g/mol. The van der Waals surface area contributed by atoms with E-state index in [2.05, 4.69) is 22.3 Å². The lowest BCUT2D eigenvalue weighted by Gasteiger charge is -2.38. The van der Waals surface area contributed by atoms with Crippen molar-refractivity contribution in [3.63, 3.8) is 0 Å². The zero-order chi connectivity index (χ0) is 20.9. The number of hydrogen-bond donors (Lipinski definition) is 1. The summed E-state index contributed by atoms with van der Waals surface area (Å²) < 4.78 is 33.3. The lowest BCUT2D eigenvalue weighted by molar-refractivity contribution is 0.0900. The van der Waals surface area contributed by atoms with Crippen molar-refractivity contribution in [2.75, 3.05) is 18.8 Å². The van der Waals surface area contributed by atoms with Crippen molar-refractivity contribution in [1.29, 1.82) is 0 Å². The van der Waals surface area contributed by atoms with Gasteiger partial charge in [-0.1, -0.05) is 5.16 Å². The number of carbonyl (C=O) groups is 1. The minimum absolute atomic E-state index is 0.00520. The summed E-state index contributed by atoms with van der Waals surface area (Å²) in [7, 11) is -3.28. The van der Waals surface area contributed by atoms with Crippen LogP contribution in [0.2, 0.25) is 0 Å². The van der Waals surface area contributed by atoms with Crippen molar-refractivity contribution in [2.45, 2.75) is 88.4 Å². The quantitative estimate of drug-likeness (QED) is 0.703. The summed E-state index contributed by atoms with van der Waals surface area (Å²) in [5, 5.41) is 6.99. The van der Waals surface area contributed by atoms with Gasteiger partial charge in [0.2, 0.25) is 10.0 Å². The van der Waals surface area contributed by atoms with E-state index < -0.39 is 10.0 Å². The molecule has 9 heteroatoms. The maximum absolute atomic E-state index is 13.1. The van der Waals surface area contributed by atoms with Gasteiger partial charge in [-0.05, 0) is 64.8 Å². The number of nitrogens with zero attached hydrogens (tertiary/aromatic N) is 3. The fourth-order valence-electron chi connectivity index (χ4n) is 5.58. The van der Waals surface area contributed by atoms with Crippen molar-refractivity contribution in [3.05, 3.63) is 17.5 Å². The van der Waals surface area contributed by atoms with Crippen LogP contribution in [0.3, 0.4) is 0 Å². The van der Waals surface area contributed by atoms with Crippen LogP contribution in [0, 0.1) is 0 Å². The molecule has 1 N–H and O–H groups in total. The van der Waals surface area contributed by atoms with Gasteiger partial charge in [-0.2, -0.15) is 4.31 Å². The molecule has 4 atom stereocenters. The summed E-state index contributed by atoms with van der Waals surface area (Å²) in [6.07, 6.45) is 7.63. The first-order valence-electron chi connectivity index (χ1n) is 11.4. The number of rotatable bonds is 7. The van der Waals surface area contributed by atoms with E-state index in [4.69, 9.17) is 4.52 Å². The van der Waals surface area contributed by atoms with Crippen molar-refractivity contribution in [2.24, 2.45) is 0 Å². The molecule has 1 amide bonds. The fraction of sp³-hybridized carbons (Fsp3) is 0.810. The maximum atomic E-state index is 13.1. The Labute approximate surface area is 178 Å². The first-order chi connectivity index (χ1) is 14.4. The summed E-state index contributed by atoms with van der Waals surface area (Å²) in [5.41, 5.74) is 0.332. The minimum atomic E-state index is -3.28. The third-order valence-electron chi connectivity index (χ3n) is 7.39. The van der Waals surface area contributed by atoms with Crippen molar-refractivity contribution >= 4 is 15.9 Å². The molecule has 30 heavy (non-hydrogen) atoms. The van der Waals surface area contributed by atoms with Gasteiger partial charge in [0.1, 0.15) is 5.76 Å². The SMILES string of the molecule is CC1CCCN1CCS(=O)(=O)N1[C@@H]2CC[C@H]1C[C@@H](NC(=O)c1cc(C3CC3)on1)C2. The molecule has 5 rings (SSSR count). The Morgan fingerprint density at radius 1 is 1.20 bits per heavy atom. The molecular formula is C21H32N4O4S. The molecule has 2 bridgehead atoms. The molecule has 4 aliphatic rings. The third kappa shape index (κ3) is 4.03. The molecule has 0 aromatic carbocycles. The summed E-state index contributed by atoms with van der Waals surface area (Å²) in [5.74, 6) is 1.21.